The Kier molecular flexibility index (Phi) is 39.4. The summed E-state index contributed by atoms with van der Waals surface area (Å²) in [7, 11) is 1.11. The maximum Gasteiger partial charge on any atom is 0.356 e. The average Bonchev–Trinajstić information content (AvgIpc) is 1.66. The minimum Gasteiger partial charge on any atom is -0.461 e. The number of nitrogens with one attached hydrogen (secondary N) is 1. The highest BCUT2D eigenvalue weighted by Gasteiger charge is 2.31. The quantitative estimate of drug-likeness (QED) is 0.00807. The molecule has 45 nitrogen and oxygen atoms in total. The van der Waals surface area contributed by atoms with Gasteiger partial charge >= 0.3 is 45.2 Å². The molecule has 0 saturated carbocycles. The van der Waals surface area contributed by atoms with Gasteiger partial charge in [0.05, 0.1) is 117 Å². The smallest absolute Gasteiger partial charge is 0.356 e. The zero-order valence-corrected chi connectivity index (χ0v) is 76.5. The maximum absolute atomic E-state index is 13.0. The number of carbonyl (C=O) groups excluding carboxylic acids is 1. The number of H-pyrrole nitrogens is 1. The molecule has 48 heteroatoms. The molecule has 12 N–H and O–H groups in total. The van der Waals surface area contributed by atoms with Gasteiger partial charge in [-0.05, 0) is 60.3 Å². The van der Waals surface area contributed by atoms with E-state index in [1.807, 2.05) is 109 Å². The molecule has 0 saturated heterocycles. The Hall–Kier alpha value is -12.2. The fraction of sp³-hybridized carbons (Fsp3) is 0.390. The summed E-state index contributed by atoms with van der Waals surface area (Å²) >= 11 is 3.48. The van der Waals surface area contributed by atoms with Crippen LogP contribution in [0.25, 0.3) is 55.8 Å². The van der Waals surface area contributed by atoms with Gasteiger partial charge in [0, 0.05) is 41.1 Å². The summed E-state index contributed by atoms with van der Waals surface area (Å²) in [5, 5.41) is 10.4. The van der Waals surface area contributed by atoms with E-state index in [1.165, 1.54) is 12.7 Å². The number of aromatic nitrogens is 20. The number of nitrogens with two attached hydrogens (primary N) is 5. The van der Waals surface area contributed by atoms with E-state index in [4.69, 9.17) is 104 Å². The molecular formula is C82H106BrN25O20P2. The normalized spacial score (nSPS) is 12.1. The third kappa shape index (κ3) is 28.9. The molecule has 130 heavy (non-hydrogen) atoms. The number of carbonyl (C=O) groups is 1. The summed E-state index contributed by atoms with van der Waals surface area (Å²) in [5.74, 6) is 1.12. The van der Waals surface area contributed by atoms with Crippen LogP contribution in [0.15, 0.2) is 151 Å². The van der Waals surface area contributed by atoms with Gasteiger partial charge in [-0.1, -0.05) is 121 Å². The second-order valence-corrected chi connectivity index (χ2v) is 31.8. The maximum atomic E-state index is 13.0. The summed E-state index contributed by atoms with van der Waals surface area (Å²) in [6.07, 6.45) is 4.15. The molecule has 0 amide bonds. The van der Waals surface area contributed by atoms with Crippen molar-refractivity contribution < 1.29 is 94.0 Å². The van der Waals surface area contributed by atoms with Crippen LogP contribution in [0.2, 0.25) is 0 Å². The molecule has 0 fully saturated rings. The van der Waals surface area contributed by atoms with Crippen LogP contribution in [0.3, 0.4) is 0 Å². The number of ketones is 1. The van der Waals surface area contributed by atoms with Crippen molar-refractivity contribution in [1.82, 2.24) is 98.0 Å². The number of nitrogens with zero attached hydrogens (tertiary/aromatic N) is 19. The molecule has 10 aromatic heterocycles. The number of nitrogen functional groups attached to an aromatic ring is 5. The summed E-state index contributed by atoms with van der Waals surface area (Å²) in [6.45, 7) is 12.7. The number of anilines is 5. The van der Waals surface area contributed by atoms with Gasteiger partial charge in [0.1, 0.15) is 63.5 Å². The summed E-state index contributed by atoms with van der Waals surface area (Å²) < 4.78 is 119. The number of ether oxygens (including phenoxy) is 12. The molecule has 0 spiro atoms. The van der Waals surface area contributed by atoms with Gasteiger partial charge in [-0.2, -0.15) is 49.8 Å². The lowest BCUT2D eigenvalue weighted by Crippen LogP contribution is -2.16. The highest BCUT2D eigenvalue weighted by atomic mass is 79.9. The van der Waals surface area contributed by atoms with Gasteiger partial charge in [0.15, 0.2) is 89.9 Å². The lowest BCUT2D eigenvalue weighted by molar-refractivity contribution is 0.0541. The van der Waals surface area contributed by atoms with Crippen molar-refractivity contribution in [3.63, 3.8) is 0 Å². The lowest BCUT2D eigenvalue weighted by Gasteiger charge is -2.23. The van der Waals surface area contributed by atoms with Crippen LogP contribution in [0.1, 0.15) is 73.1 Å². The second kappa shape index (κ2) is 51.2. The van der Waals surface area contributed by atoms with Gasteiger partial charge in [-0.3, -0.25) is 18.5 Å². The Bertz CT molecular complexity index is 5900. The fourth-order valence-electron chi connectivity index (χ4n) is 12.0. The number of halogens is 1. The van der Waals surface area contributed by atoms with Crippen LogP contribution >= 0.6 is 31.1 Å². The first-order valence-electron chi connectivity index (χ1n) is 40.7. The summed E-state index contributed by atoms with van der Waals surface area (Å²) in [6, 6.07) is 38.3. The van der Waals surface area contributed by atoms with Crippen molar-refractivity contribution in [2.75, 3.05) is 169 Å². The molecule has 3 unspecified atom stereocenters. The van der Waals surface area contributed by atoms with Crippen LogP contribution in [-0.4, -0.2) is 250 Å². The third-order valence-corrected chi connectivity index (χ3v) is 22.2. The van der Waals surface area contributed by atoms with Gasteiger partial charge in [0.2, 0.25) is 0 Å². The first-order valence-corrected chi connectivity index (χ1v) is 44.9. The van der Waals surface area contributed by atoms with Gasteiger partial charge in [-0.15, -0.1) is 0 Å². The van der Waals surface area contributed by atoms with E-state index in [-0.39, 0.29) is 125 Å². The summed E-state index contributed by atoms with van der Waals surface area (Å²) in [4.78, 5) is 78.4. The number of Topliss-reactive ketones (excluding diaryl/α,β-unsaturated/α-hetero) is 1. The molecular weight excluding hydrogens is 1800 g/mol. The molecule has 696 valence electrons. The van der Waals surface area contributed by atoms with Crippen molar-refractivity contribution in [1.29, 1.82) is 0 Å². The third-order valence-electron chi connectivity index (χ3n) is 18.0. The van der Waals surface area contributed by atoms with Crippen molar-refractivity contribution >= 4 is 122 Å². The second-order valence-electron chi connectivity index (χ2n) is 27.1. The number of aromatic amines is 1. The van der Waals surface area contributed by atoms with Gasteiger partial charge in [0.25, 0.3) is 0 Å². The zero-order valence-electron chi connectivity index (χ0n) is 73.1. The van der Waals surface area contributed by atoms with E-state index in [9.17, 15) is 19.0 Å². The first kappa shape index (κ1) is 99.9. The number of fused-ring (bicyclic) bond motifs is 5. The molecule has 0 aliphatic carbocycles. The number of aliphatic hydroxyl groups is 1. The number of rotatable bonds is 46. The molecule has 3 atom stereocenters. The molecule has 0 radical (unpaired) electrons. The highest BCUT2D eigenvalue weighted by molar-refractivity contribution is 9.10. The Balaban J connectivity index is 0.000000173. The summed E-state index contributed by atoms with van der Waals surface area (Å²) in [5.41, 5.74) is 37.7. The predicted molar refractivity (Wildman–Crippen MR) is 484 cm³/mol. The van der Waals surface area contributed by atoms with Gasteiger partial charge < -0.3 is 127 Å². The number of benzene rings is 4. The number of aliphatic hydroxyl groups excluding tert-OH is 1. The van der Waals surface area contributed by atoms with E-state index in [1.54, 1.807) is 106 Å². The van der Waals surface area contributed by atoms with E-state index in [2.05, 4.69) is 95.7 Å². The average molecular weight is 1900 g/mol. The van der Waals surface area contributed by atoms with Crippen LogP contribution < -0.4 is 52.4 Å². The number of hydrogen-bond donors (Lipinski definition) is 7. The van der Waals surface area contributed by atoms with E-state index >= 15 is 0 Å². The Morgan fingerprint density at radius 3 is 1.16 bits per heavy atom. The van der Waals surface area contributed by atoms with Crippen molar-refractivity contribution in [3.8, 4) is 30.1 Å². The molecule has 10 heterocycles. The van der Waals surface area contributed by atoms with Crippen LogP contribution in [0, 0.1) is 0 Å². The zero-order chi connectivity index (χ0) is 92.8. The standard InChI is InChI=1S/C21H29BrN5O6P.C21H30N5O6P.C16H19N5O3.C16H17N5O3.C8H11N5O2/c1-4-32-34(28,33-5-2)14-31-16(15-9-7-6-8-10-15)13-27-19-17(24-20(27)22)18(23)25-21(26-19)30-12-11-29-3;1-4-31-33(27,32-5-2)15-30-17(16-9-7-6-8-10-16)13-26-14-23-18-19(22)24-21(25-20(18)26)29-12-11-28-3;2*1-23-7-8-24-16-19-14(17)13-15(20-16)21(10-18-13)9-12(22)11-5-3-2-4-6-11;1-14-2-3-15-8-12-6(9)5-7(13-8)11-4-10-5/h6-10,16H,4-5,11-14H2,1-3H3,(H2,23,25,26);6-10,14,17H,4-5,11-13,15H2,1-3H3,(H2,22,24,25);2-6,10,12,22H,7-9H2,1H3,(H2,17,19,20);2-6,10H,7-9H2,1H3,(H2,17,19,20);4H,2-3H2,1H3,(H3,9,10,11,12,13). The topological polar surface area (TPSA) is 578 Å². The van der Waals surface area contributed by atoms with Crippen LogP contribution in [0.5, 0.6) is 30.1 Å². The monoisotopic (exact) mass is 1900 g/mol. The Morgan fingerprint density at radius 2 is 0.754 bits per heavy atom. The minimum absolute atomic E-state index is 0.0473. The van der Waals surface area contributed by atoms with Crippen LogP contribution in [-0.2, 0) is 86.6 Å². The Labute approximate surface area is 755 Å². The van der Waals surface area contributed by atoms with E-state index in [0.717, 1.165) is 16.7 Å². The fourth-order valence-corrected chi connectivity index (χ4v) is 15.2. The molecule has 0 aliphatic heterocycles. The minimum atomic E-state index is -3.41. The van der Waals surface area contributed by atoms with Crippen molar-refractivity contribution in [2.24, 2.45) is 0 Å². The molecule has 0 bridgehead atoms. The van der Waals surface area contributed by atoms with Crippen molar-refractivity contribution in [2.45, 2.75) is 72.2 Å². The van der Waals surface area contributed by atoms with Crippen molar-refractivity contribution in [3.05, 3.63) is 174 Å². The molecule has 14 aromatic rings. The Morgan fingerprint density at radius 1 is 0.408 bits per heavy atom. The lowest BCUT2D eigenvalue weighted by atomic mass is 10.1. The molecule has 14 rings (SSSR count). The van der Waals surface area contributed by atoms with Crippen LogP contribution in [0.4, 0.5) is 29.1 Å². The molecule has 4 aromatic carbocycles. The largest absolute Gasteiger partial charge is 0.461 e. The predicted octanol–water partition coefficient (Wildman–Crippen LogP) is 10.0. The number of imidazole rings is 5. The van der Waals surface area contributed by atoms with E-state index < -0.39 is 33.5 Å². The van der Waals surface area contributed by atoms with E-state index in [0.29, 0.717) is 138 Å². The SMILES string of the molecule is CCOP(=O)(COC(Cn1c(Br)nc2c(N)nc(OCCOC)nc21)c1ccccc1)OCC.CCOP(=O)(COC(Cn1cnc2c(N)nc(OCCOC)nc21)c1ccccc1)OCC.COCCOc1nc(N)c2[nH]cnc2n1.COCCOc1nc(N)c2ncn(CC(=O)c3ccccc3)c2n1.COCCOc1nc(N)c2ncn(CC(O)c3ccccc3)c2n1. The number of hydrogen-bond acceptors (Lipinski definition) is 40. The first-order chi connectivity index (χ1) is 63.1. The number of methoxy groups -OCH3 is 5. The highest BCUT2D eigenvalue weighted by Crippen LogP contribution is 2.50. The molecule has 0 aliphatic rings. The van der Waals surface area contributed by atoms with Gasteiger partial charge in [-0.25, -0.2) is 24.9 Å².